The number of piperidine rings is 1. The first-order chi connectivity index (χ1) is 18.3. The van der Waals surface area contributed by atoms with Gasteiger partial charge in [-0.3, -0.25) is 9.59 Å². The number of carbonyl (C=O) groups is 2. The Labute approximate surface area is 230 Å². The number of nitrogens with zero attached hydrogens (tertiary/aromatic N) is 1. The van der Waals surface area contributed by atoms with E-state index >= 15 is 0 Å². The molecule has 1 unspecified atom stereocenters. The summed E-state index contributed by atoms with van der Waals surface area (Å²) in [7, 11) is -1.97. The van der Waals surface area contributed by atoms with Crippen molar-refractivity contribution in [2.24, 2.45) is 11.7 Å². The molecule has 10 nitrogen and oxygen atoms in total. The molecule has 5 N–H and O–H groups in total. The SMILES string of the molecule is C[N+]1(CC2CC2)CC[C@]23CC(=O)CC[C@@]2(O)[C@H]1Cc1ccc(C(N)=O)c(O)c13.O=S(=O)([O-])NC1CCCCC1. The Bertz CT molecular complexity index is 1260. The van der Waals surface area contributed by atoms with Gasteiger partial charge < -0.3 is 25.0 Å². The number of Topliss-reactive ketones (excluding diaryl/α,β-unsaturated/α-hetero) is 1. The van der Waals surface area contributed by atoms with Crippen LogP contribution >= 0.6 is 0 Å². The number of primary amides is 1. The molecular weight excluding hydrogens is 522 g/mol. The van der Waals surface area contributed by atoms with Crippen LogP contribution in [0.4, 0.5) is 0 Å². The Morgan fingerprint density at radius 2 is 1.87 bits per heavy atom. The number of carbonyl (C=O) groups excluding carboxylic acids is 2. The number of phenols is 1. The van der Waals surface area contributed by atoms with Crippen molar-refractivity contribution in [3.63, 3.8) is 0 Å². The third-order valence-corrected chi connectivity index (χ3v) is 10.8. The highest BCUT2D eigenvalue weighted by atomic mass is 32.2. The standard InChI is InChI=1S/C22H28N2O4.C6H13NO3S/c1-24(12-13-2-3-13)9-8-21-11-15(25)6-7-22(21,28)17(24)10-14-4-5-16(20(23)27)19(26)18(14)21;8-11(9,10)7-6-4-2-1-3-5-6/h4-5,13,17,28H,2-3,6-12H2,1H3,(H2-,23,26,27);6-7H,1-5H2,(H,8,9,10)/t17-,21-,22-,24?;/m1./s1. The van der Waals surface area contributed by atoms with Gasteiger partial charge in [-0.05, 0) is 43.7 Å². The van der Waals surface area contributed by atoms with E-state index in [1.54, 1.807) is 6.07 Å². The largest absolute Gasteiger partial charge is 0.735 e. The van der Waals surface area contributed by atoms with Crippen LogP contribution in [0.15, 0.2) is 12.1 Å². The van der Waals surface area contributed by atoms with E-state index in [4.69, 9.17) is 5.73 Å². The molecule has 1 aromatic carbocycles. The summed E-state index contributed by atoms with van der Waals surface area (Å²) >= 11 is 0. The molecule has 4 aliphatic carbocycles. The first-order valence-corrected chi connectivity index (χ1v) is 15.7. The molecule has 0 radical (unpaired) electrons. The molecule has 0 spiro atoms. The number of ketones is 1. The fourth-order valence-corrected chi connectivity index (χ4v) is 8.80. The topological polar surface area (TPSA) is 170 Å². The Kier molecular flexibility index (Phi) is 7.37. The van der Waals surface area contributed by atoms with E-state index in [2.05, 4.69) is 11.8 Å². The van der Waals surface area contributed by atoms with E-state index < -0.39 is 27.2 Å². The molecule has 2 bridgehead atoms. The number of aliphatic hydroxyl groups is 1. The minimum Gasteiger partial charge on any atom is -0.735 e. The summed E-state index contributed by atoms with van der Waals surface area (Å²) in [6.45, 7) is 1.94. The maximum Gasteiger partial charge on any atom is 0.252 e. The van der Waals surface area contributed by atoms with Gasteiger partial charge in [0, 0.05) is 48.6 Å². The van der Waals surface area contributed by atoms with E-state index in [0.29, 0.717) is 31.2 Å². The molecule has 4 fully saturated rings. The second kappa shape index (κ2) is 10.1. The van der Waals surface area contributed by atoms with Gasteiger partial charge in [-0.2, -0.15) is 0 Å². The van der Waals surface area contributed by atoms with E-state index in [1.807, 2.05) is 6.07 Å². The van der Waals surface area contributed by atoms with Crippen molar-refractivity contribution in [1.29, 1.82) is 0 Å². The highest BCUT2D eigenvalue weighted by Crippen LogP contribution is 2.61. The van der Waals surface area contributed by atoms with E-state index in [9.17, 15) is 32.8 Å². The Morgan fingerprint density at radius 3 is 2.49 bits per heavy atom. The van der Waals surface area contributed by atoms with E-state index in [0.717, 1.165) is 61.2 Å². The second-order valence-electron chi connectivity index (χ2n) is 12.8. The smallest absolute Gasteiger partial charge is 0.252 e. The molecule has 1 aliphatic heterocycles. The molecule has 216 valence electrons. The molecule has 1 amide bonds. The summed E-state index contributed by atoms with van der Waals surface area (Å²) in [4.78, 5) is 24.4. The summed E-state index contributed by atoms with van der Waals surface area (Å²) < 4.78 is 33.6. The van der Waals surface area contributed by atoms with Gasteiger partial charge in [-0.1, -0.05) is 25.3 Å². The van der Waals surface area contributed by atoms with Gasteiger partial charge in [0.05, 0.1) is 25.7 Å². The average molecular weight is 564 g/mol. The van der Waals surface area contributed by atoms with Crippen molar-refractivity contribution in [3.05, 3.63) is 28.8 Å². The first-order valence-electron chi connectivity index (χ1n) is 14.2. The molecule has 39 heavy (non-hydrogen) atoms. The molecule has 3 saturated carbocycles. The lowest BCUT2D eigenvalue weighted by atomic mass is 9.48. The van der Waals surface area contributed by atoms with Crippen LogP contribution in [0, 0.1) is 5.92 Å². The zero-order valence-electron chi connectivity index (χ0n) is 22.7. The number of nitrogens with one attached hydrogen (secondary N) is 1. The van der Waals surface area contributed by atoms with Gasteiger partial charge in [0.15, 0.2) is 10.3 Å². The Balaban J connectivity index is 0.000000237. The van der Waals surface area contributed by atoms with Crippen molar-refractivity contribution in [1.82, 2.24) is 4.72 Å². The van der Waals surface area contributed by atoms with Crippen molar-refractivity contribution in [2.75, 3.05) is 20.1 Å². The highest BCUT2D eigenvalue weighted by Gasteiger charge is 2.70. The fraction of sp³-hybridized carbons (Fsp3) is 0.714. The lowest BCUT2D eigenvalue weighted by Crippen LogP contribution is -2.78. The first kappa shape index (κ1) is 28.5. The highest BCUT2D eigenvalue weighted by molar-refractivity contribution is 7.83. The summed E-state index contributed by atoms with van der Waals surface area (Å²) in [6.07, 6.45) is 9.66. The third kappa shape index (κ3) is 5.24. The second-order valence-corrected chi connectivity index (χ2v) is 13.9. The Hall–Kier alpha value is -2.05. The predicted molar refractivity (Wildman–Crippen MR) is 143 cm³/mol. The predicted octanol–water partition coefficient (Wildman–Crippen LogP) is 1.77. The third-order valence-electron chi connectivity index (χ3n) is 10.2. The molecule has 5 aliphatic rings. The maximum atomic E-state index is 12.6. The number of nitrogens with two attached hydrogens (primary N) is 1. The van der Waals surface area contributed by atoms with Gasteiger partial charge in [0.1, 0.15) is 23.2 Å². The van der Waals surface area contributed by atoms with Crippen LogP contribution in [0.2, 0.25) is 0 Å². The monoisotopic (exact) mass is 563 g/mol. The summed E-state index contributed by atoms with van der Waals surface area (Å²) in [6, 6.07) is 3.35. The quantitative estimate of drug-likeness (QED) is 0.312. The molecule has 11 heteroatoms. The van der Waals surface area contributed by atoms with Crippen LogP contribution in [-0.4, -0.2) is 77.2 Å². The lowest BCUT2D eigenvalue weighted by molar-refractivity contribution is -0.950. The molecule has 6 rings (SSSR count). The summed E-state index contributed by atoms with van der Waals surface area (Å²) in [5, 5.41) is 23.2. The van der Waals surface area contributed by atoms with Crippen LogP contribution in [0.25, 0.3) is 0 Å². The average Bonchev–Trinajstić information content (AvgIpc) is 3.66. The molecule has 1 heterocycles. The van der Waals surface area contributed by atoms with Crippen molar-refractivity contribution >= 4 is 22.0 Å². The van der Waals surface area contributed by atoms with E-state index in [-0.39, 0.29) is 35.6 Å². The summed E-state index contributed by atoms with van der Waals surface area (Å²) in [5.74, 6) is 0.0429. The number of rotatable bonds is 5. The van der Waals surface area contributed by atoms with Crippen LogP contribution in [-0.2, 0) is 26.9 Å². The molecule has 4 atom stereocenters. The number of aromatic hydroxyl groups is 1. The van der Waals surface area contributed by atoms with Gasteiger partial charge in [-0.25, -0.2) is 13.1 Å². The lowest BCUT2D eigenvalue weighted by Gasteiger charge is -2.65. The Morgan fingerprint density at radius 1 is 1.18 bits per heavy atom. The fourth-order valence-electron chi connectivity index (χ4n) is 8.15. The number of fused-ring (bicyclic) bond motifs is 1. The number of benzene rings is 1. The zero-order chi connectivity index (χ0) is 28.2. The number of amides is 1. The van der Waals surface area contributed by atoms with Gasteiger partial charge in [0.25, 0.3) is 5.91 Å². The molecular formula is C28H41N3O7S. The van der Waals surface area contributed by atoms with Crippen LogP contribution in [0.1, 0.15) is 92.1 Å². The minimum atomic E-state index is -4.22. The zero-order valence-corrected chi connectivity index (χ0v) is 23.5. The maximum absolute atomic E-state index is 12.6. The van der Waals surface area contributed by atoms with Gasteiger partial charge in [0.2, 0.25) is 0 Å². The van der Waals surface area contributed by atoms with Crippen molar-refractivity contribution in [3.8, 4) is 5.75 Å². The van der Waals surface area contributed by atoms with Crippen molar-refractivity contribution < 1.29 is 37.3 Å². The molecule has 0 aromatic heterocycles. The van der Waals surface area contributed by atoms with Crippen LogP contribution in [0.3, 0.4) is 0 Å². The number of hydrogen-bond acceptors (Lipinski definition) is 7. The number of likely N-dealkylation sites (tertiary alicyclic amines) is 1. The van der Waals surface area contributed by atoms with Crippen LogP contribution in [0.5, 0.6) is 5.75 Å². The normalized spacial score (nSPS) is 34.3. The van der Waals surface area contributed by atoms with Crippen molar-refractivity contribution in [2.45, 2.75) is 100 Å². The van der Waals surface area contributed by atoms with Crippen LogP contribution < -0.4 is 10.5 Å². The number of hydrogen-bond donors (Lipinski definition) is 4. The summed E-state index contributed by atoms with van der Waals surface area (Å²) in [5.41, 5.74) is 5.23. The number of likely N-dealkylation sites (N-methyl/N-ethyl adjacent to an activating group) is 1. The molecule has 1 aromatic rings. The number of quaternary nitrogens is 1. The van der Waals surface area contributed by atoms with E-state index in [1.165, 1.54) is 12.8 Å². The molecule has 1 saturated heterocycles. The van der Waals surface area contributed by atoms with Gasteiger partial charge >= 0.3 is 0 Å². The van der Waals surface area contributed by atoms with Gasteiger partial charge in [-0.15, -0.1) is 0 Å². The minimum absolute atomic E-state index is 0.00118.